The third-order valence-electron chi connectivity index (χ3n) is 2.77. The Morgan fingerprint density at radius 3 is 2.32 bits per heavy atom. The van der Waals surface area contributed by atoms with E-state index in [-0.39, 0.29) is 11.7 Å². The van der Waals surface area contributed by atoms with Crippen LogP contribution in [0.2, 0.25) is 0 Å². The number of ether oxygens (including phenoxy) is 4. The van der Waals surface area contributed by atoms with E-state index >= 15 is 0 Å². The van der Waals surface area contributed by atoms with Gasteiger partial charge >= 0.3 is 6.16 Å². The molecule has 5 nitrogen and oxygen atoms in total. The van der Waals surface area contributed by atoms with Gasteiger partial charge in [0.15, 0.2) is 6.29 Å². The van der Waals surface area contributed by atoms with Gasteiger partial charge in [-0.1, -0.05) is 26.0 Å². The first kappa shape index (κ1) is 13.8. The number of hydrogen-bond donors (Lipinski definition) is 0. The lowest BCUT2D eigenvalue weighted by atomic mass is 9.95. The number of rotatable bonds is 2. The van der Waals surface area contributed by atoms with Crippen molar-refractivity contribution >= 4 is 6.16 Å². The van der Waals surface area contributed by atoms with E-state index in [4.69, 9.17) is 14.2 Å². The highest BCUT2D eigenvalue weighted by atomic mass is 16.7. The maximum absolute atomic E-state index is 10.9. The standard InChI is InChI=1S/C14H18O5/c1-14(2)8-17-12(18-9-14)10-4-6-11(7-5-10)19-13(15)16-3/h4-7,12H,8-9H2,1-3H3. The molecule has 0 spiro atoms. The first-order valence-electron chi connectivity index (χ1n) is 6.09. The van der Waals surface area contributed by atoms with Crippen LogP contribution in [0.15, 0.2) is 24.3 Å². The van der Waals surface area contributed by atoms with Gasteiger partial charge in [0, 0.05) is 11.0 Å². The van der Waals surface area contributed by atoms with E-state index in [1.807, 2.05) is 0 Å². The molecule has 0 radical (unpaired) electrons. The average molecular weight is 266 g/mol. The molecule has 1 aliphatic rings. The average Bonchev–Trinajstić information content (AvgIpc) is 2.40. The van der Waals surface area contributed by atoms with Crippen LogP contribution in [0.5, 0.6) is 5.75 Å². The molecule has 19 heavy (non-hydrogen) atoms. The predicted molar refractivity (Wildman–Crippen MR) is 67.9 cm³/mol. The number of benzene rings is 1. The van der Waals surface area contributed by atoms with Crippen molar-refractivity contribution in [3.8, 4) is 5.75 Å². The molecule has 0 N–H and O–H groups in total. The highest BCUT2D eigenvalue weighted by molar-refractivity contribution is 5.63. The molecule has 0 atom stereocenters. The van der Waals surface area contributed by atoms with Crippen molar-refractivity contribution in [1.82, 2.24) is 0 Å². The number of carbonyl (C=O) groups excluding carboxylic acids is 1. The molecule has 1 fully saturated rings. The van der Waals surface area contributed by atoms with Crippen LogP contribution in [-0.4, -0.2) is 26.5 Å². The second kappa shape index (κ2) is 5.59. The van der Waals surface area contributed by atoms with Gasteiger partial charge in [-0.25, -0.2) is 4.79 Å². The molecule has 0 unspecified atom stereocenters. The van der Waals surface area contributed by atoms with E-state index in [9.17, 15) is 4.79 Å². The third-order valence-corrected chi connectivity index (χ3v) is 2.77. The first-order chi connectivity index (χ1) is 9.00. The summed E-state index contributed by atoms with van der Waals surface area (Å²) >= 11 is 0. The molecule has 5 heteroatoms. The molecule has 0 amide bonds. The molecule has 0 bridgehead atoms. The zero-order valence-corrected chi connectivity index (χ0v) is 11.3. The Hall–Kier alpha value is -1.59. The summed E-state index contributed by atoms with van der Waals surface area (Å²) in [6, 6.07) is 6.97. The van der Waals surface area contributed by atoms with Crippen LogP contribution in [-0.2, 0) is 14.2 Å². The van der Waals surface area contributed by atoms with Crippen LogP contribution in [0.4, 0.5) is 4.79 Å². The highest BCUT2D eigenvalue weighted by Gasteiger charge is 2.29. The molecule has 1 aromatic carbocycles. The summed E-state index contributed by atoms with van der Waals surface area (Å²) in [5.74, 6) is 0.423. The van der Waals surface area contributed by atoms with E-state index in [1.165, 1.54) is 7.11 Å². The van der Waals surface area contributed by atoms with Gasteiger partial charge < -0.3 is 18.9 Å². The zero-order valence-electron chi connectivity index (χ0n) is 11.3. The Morgan fingerprint density at radius 1 is 1.21 bits per heavy atom. The third kappa shape index (κ3) is 3.68. The van der Waals surface area contributed by atoms with E-state index in [0.717, 1.165) is 5.56 Å². The van der Waals surface area contributed by atoms with E-state index in [2.05, 4.69) is 18.6 Å². The van der Waals surface area contributed by atoms with E-state index < -0.39 is 6.16 Å². The molecular weight excluding hydrogens is 248 g/mol. The molecule has 1 heterocycles. The largest absolute Gasteiger partial charge is 0.513 e. The Morgan fingerprint density at radius 2 is 1.79 bits per heavy atom. The van der Waals surface area contributed by atoms with Crippen LogP contribution < -0.4 is 4.74 Å². The summed E-state index contributed by atoms with van der Waals surface area (Å²) < 4.78 is 20.6. The van der Waals surface area contributed by atoms with Crippen molar-refractivity contribution in [2.45, 2.75) is 20.1 Å². The second-order valence-electron chi connectivity index (χ2n) is 5.24. The lowest BCUT2D eigenvalue weighted by molar-refractivity contribution is -0.226. The van der Waals surface area contributed by atoms with Gasteiger partial charge in [-0.3, -0.25) is 0 Å². The fourth-order valence-electron chi connectivity index (χ4n) is 1.72. The predicted octanol–water partition coefficient (Wildman–Crippen LogP) is 2.90. The minimum Gasteiger partial charge on any atom is -0.437 e. The minimum atomic E-state index is -0.736. The smallest absolute Gasteiger partial charge is 0.437 e. The van der Waals surface area contributed by atoms with Crippen molar-refractivity contribution in [3.63, 3.8) is 0 Å². The van der Waals surface area contributed by atoms with Crippen molar-refractivity contribution in [2.24, 2.45) is 5.41 Å². The summed E-state index contributed by atoms with van der Waals surface area (Å²) in [6.45, 7) is 5.49. The second-order valence-corrected chi connectivity index (χ2v) is 5.24. The van der Waals surface area contributed by atoms with Gasteiger partial charge in [0.2, 0.25) is 0 Å². The summed E-state index contributed by atoms with van der Waals surface area (Å²) in [5.41, 5.74) is 0.942. The van der Waals surface area contributed by atoms with Crippen molar-refractivity contribution in [2.75, 3.05) is 20.3 Å². The molecule has 1 aliphatic heterocycles. The van der Waals surface area contributed by atoms with Crippen LogP contribution in [0.25, 0.3) is 0 Å². The maximum atomic E-state index is 10.9. The number of hydrogen-bond acceptors (Lipinski definition) is 5. The lowest BCUT2D eigenvalue weighted by Gasteiger charge is -2.34. The zero-order chi connectivity index (χ0) is 13.9. The van der Waals surface area contributed by atoms with Crippen LogP contribution >= 0.6 is 0 Å². The molecule has 104 valence electrons. The molecule has 0 aromatic heterocycles. The van der Waals surface area contributed by atoms with E-state index in [1.54, 1.807) is 24.3 Å². The molecule has 0 saturated carbocycles. The maximum Gasteiger partial charge on any atom is 0.513 e. The number of carbonyl (C=O) groups is 1. The SMILES string of the molecule is COC(=O)Oc1ccc(C2OCC(C)(C)CO2)cc1. The molecule has 1 saturated heterocycles. The van der Waals surface area contributed by atoms with Gasteiger partial charge in [0.25, 0.3) is 0 Å². The first-order valence-corrected chi connectivity index (χ1v) is 6.09. The van der Waals surface area contributed by atoms with Gasteiger partial charge in [-0.2, -0.15) is 0 Å². The fraction of sp³-hybridized carbons (Fsp3) is 0.500. The lowest BCUT2D eigenvalue weighted by Crippen LogP contribution is -2.33. The molecule has 2 rings (SSSR count). The van der Waals surface area contributed by atoms with E-state index in [0.29, 0.717) is 19.0 Å². The Kier molecular flexibility index (Phi) is 4.07. The molecule has 0 aliphatic carbocycles. The van der Waals surface area contributed by atoms with Gasteiger partial charge in [0.1, 0.15) is 5.75 Å². The summed E-state index contributed by atoms with van der Waals surface area (Å²) in [6.07, 6.45) is -1.10. The summed E-state index contributed by atoms with van der Waals surface area (Å²) in [7, 11) is 1.27. The highest BCUT2D eigenvalue weighted by Crippen LogP contribution is 2.31. The topological polar surface area (TPSA) is 54.0 Å². The number of methoxy groups -OCH3 is 1. The van der Waals surface area contributed by atoms with Gasteiger partial charge in [-0.15, -0.1) is 0 Å². The van der Waals surface area contributed by atoms with Gasteiger partial charge in [0.05, 0.1) is 20.3 Å². The molecule has 1 aromatic rings. The summed E-state index contributed by atoms with van der Waals surface area (Å²) in [5, 5.41) is 0. The molecular formula is C14H18O5. The quantitative estimate of drug-likeness (QED) is 0.608. The Labute approximate surface area is 112 Å². The van der Waals surface area contributed by atoms with Crippen molar-refractivity contribution in [3.05, 3.63) is 29.8 Å². The van der Waals surface area contributed by atoms with Crippen LogP contribution in [0, 0.1) is 5.41 Å². The monoisotopic (exact) mass is 266 g/mol. The van der Waals surface area contributed by atoms with Crippen molar-refractivity contribution in [1.29, 1.82) is 0 Å². The van der Waals surface area contributed by atoms with Crippen LogP contribution in [0.1, 0.15) is 25.7 Å². The fourth-order valence-corrected chi connectivity index (χ4v) is 1.72. The Bertz CT molecular complexity index is 428. The normalized spacial score (nSPS) is 18.9. The minimum absolute atomic E-state index is 0.0461. The van der Waals surface area contributed by atoms with Gasteiger partial charge in [-0.05, 0) is 12.1 Å². The summed E-state index contributed by atoms with van der Waals surface area (Å²) in [4.78, 5) is 10.9. The van der Waals surface area contributed by atoms with Crippen LogP contribution in [0.3, 0.4) is 0 Å². The Balaban J connectivity index is 1.97. The van der Waals surface area contributed by atoms with Crippen molar-refractivity contribution < 1.29 is 23.7 Å².